The van der Waals surface area contributed by atoms with Crippen LogP contribution in [-0.4, -0.2) is 38.4 Å². The zero-order valence-corrected chi connectivity index (χ0v) is 11.0. The highest BCUT2D eigenvalue weighted by Crippen LogP contribution is 2.23. The predicted molar refractivity (Wildman–Crippen MR) is 66.9 cm³/mol. The lowest BCUT2D eigenvalue weighted by Gasteiger charge is -2.29. The summed E-state index contributed by atoms with van der Waals surface area (Å²) in [6.07, 6.45) is 5.27. The third-order valence-corrected chi connectivity index (χ3v) is 3.29. The first-order chi connectivity index (χ1) is 8.24. The van der Waals surface area contributed by atoms with E-state index in [2.05, 4.69) is 12.2 Å². The Morgan fingerprint density at radius 2 is 2.12 bits per heavy atom. The first-order valence-electron chi connectivity index (χ1n) is 6.70. The van der Waals surface area contributed by atoms with Crippen molar-refractivity contribution < 1.29 is 14.3 Å². The summed E-state index contributed by atoms with van der Waals surface area (Å²) in [6, 6.07) is 0.620. The van der Waals surface area contributed by atoms with E-state index in [1.807, 2.05) is 0 Å². The molecule has 2 unspecified atom stereocenters. The van der Waals surface area contributed by atoms with Crippen LogP contribution < -0.4 is 5.32 Å². The molecule has 0 spiro atoms. The third kappa shape index (κ3) is 6.03. The first kappa shape index (κ1) is 14.5. The zero-order valence-electron chi connectivity index (χ0n) is 11.0. The molecule has 2 atom stereocenters. The number of hydrogen-bond donors (Lipinski definition) is 1. The molecule has 100 valence electrons. The number of rotatable bonds is 7. The molecule has 0 bridgehead atoms. The third-order valence-electron chi connectivity index (χ3n) is 3.29. The van der Waals surface area contributed by atoms with Gasteiger partial charge in [0.05, 0.1) is 13.2 Å². The quantitative estimate of drug-likeness (QED) is 0.546. The van der Waals surface area contributed by atoms with Crippen molar-refractivity contribution in [2.75, 3.05) is 26.4 Å². The lowest BCUT2D eigenvalue weighted by Crippen LogP contribution is -2.39. The highest BCUT2D eigenvalue weighted by atomic mass is 16.6. The molecule has 17 heavy (non-hydrogen) atoms. The normalized spacial score (nSPS) is 24.6. The van der Waals surface area contributed by atoms with Crippen LogP contribution >= 0.6 is 0 Å². The van der Waals surface area contributed by atoms with Crippen molar-refractivity contribution in [2.45, 2.75) is 45.6 Å². The Kier molecular flexibility index (Phi) is 7.21. The van der Waals surface area contributed by atoms with E-state index in [4.69, 9.17) is 9.47 Å². The van der Waals surface area contributed by atoms with E-state index in [9.17, 15) is 4.79 Å². The van der Waals surface area contributed by atoms with Gasteiger partial charge in [0.15, 0.2) is 0 Å². The van der Waals surface area contributed by atoms with Crippen molar-refractivity contribution in [2.24, 2.45) is 5.92 Å². The summed E-state index contributed by atoms with van der Waals surface area (Å²) in [5, 5.41) is 3.50. The van der Waals surface area contributed by atoms with Crippen LogP contribution in [0.4, 0.5) is 0 Å². The minimum Gasteiger partial charge on any atom is -0.464 e. The molecule has 0 amide bonds. The van der Waals surface area contributed by atoms with Gasteiger partial charge in [-0.3, -0.25) is 0 Å². The van der Waals surface area contributed by atoms with Crippen LogP contribution in [0, 0.1) is 5.92 Å². The van der Waals surface area contributed by atoms with Gasteiger partial charge in [0.2, 0.25) is 0 Å². The van der Waals surface area contributed by atoms with Crippen LogP contribution in [0.3, 0.4) is 0 Å². The van der Waals surface area contributed by atoms with E-state index in [1.54, 1.807) is 6.92 Å². The van der Waals surface area contributed by atoms with Gasteiger partial charge in [-0.2, -0.15) is 0 Å². The molecular weight excluding hydrogens is 218 g/mol. The van der Waals surface area contributed by atoms with Gasteiger partial charge < -0.3 is 14.8 Å². The van der Waals surface area contributed by atoms with Crippen molar-refractivity contribution in [3.8, 4) is 0 Å². The first-order valence-corrected chi connectivity index (χ1v) is 6.70. The van der Waals surface area contributed by atoms with E-state index in [1.165, 1.54) is 25.7 Å². The summed E-state index contributed by atoms with van der Waals surface area (Å²) < 4.78 is 10.0. The lowest BCUT2D eigenvalue weighted by molar-refractivity contribution is -0.148. The number of hydrogen-bond acceptors (Lipinski definition) is 4. The van der Waals surface area contributed by atoms with Crippen LogP contribution in [0.15, 0.2) is 0 Å². The van der Waals surface area contributed by atoms with Gasteiger partial charge in [0.25, 0.3) is 0 Å². The summed E-state index contributed by atoms with van der Waals surface area (Å²) in [7, 11) is 0. The average molecular weight is 243 g/mol. The fraction of sp³-hybridized carbons (Fsp3) is 0.923. The lowest BCUT2D eigenvalue weighted by atomic mass is 9.86. The van der Waals surface area contributed by atoms with Gasteiger partial charge in [0.1, 0.15) is 6.61 Å². The maximum absolute atomic E-state index is 11.0. The van der Waals surface area contributed by atoms with E-state index in [0.717, 1.165) is 12.5 Å². The summed E-state index contributed by atoms with van der Waals surface area (Å²) >= 11 is 0. The van der Waals surface area contributed by atoms with Gasteiger partial charge >= 0.3 is 5.97 Å². The highest BCUT2D eigenvalue weighted by Gasteiger charge is 2.20. The smallest absolute Gasteiger partial charge is 0.332 e. The minimum absolute atomic E-state index is 0.0652. The number of nitrogens with one attached hydrogen (secondary N) is 1. The van der Waals surface area contributed by atoms with Gasteiger partial charge in [-0.1, -0.05) is 19.8 Å². The van der Waals surface area contributed by atoms with E-state index >= 15 is 0 Å². The molecule has 0 aliphatic heterocycles. The Morgan fingerprint density at radius 3 is 2.82 bits per heavy atom. The van der Waals surface area contributed by atoms with E-state index in [-0.39, 0.29) is 12.6 Å². The Hall–Kier alpha value is -0.610. The SMILES string of the molecule is CCOC(=O)COCCNC1CCCCC1C. The molecule has 1 aliphatic carbocycles. The second-order valence-electron chi connectivity index (χ2n) is 4.68. The fourth-order valence-electron chi connectivity index (χ4n) is 2.29. The van der Waals surface area contributed by atoms with Gasteiger partial charge in [-0.05, 0) is 25.7 Å². The van der Waals surface area contributed by atoms with Crippen molar-refractivity contribution in [1.82, 2.24) is 5.32 Å². The van der Waals surface area contributed by atoms with E-state index in [0.29, 0.717) is 19.3 Å². The molecule has 0 aromatic carbocycles. The maximum atomic E-state index is 11.0. The van der Waals surface area contributed by atoms with Crippen molar-refractivity contribution in [3.05, 3.63) is 0 Å². The standard InChI is InChI=1S/C13H25NO3/c1-3-17-13(15)10-16-9-8-14-12-7-5-4-6-11(12)2/h11-12,14H,3-10H2,1-2H3. The molecule has 1 N–H and O–H groups in total. The van der Waals surface area contributed by atoms with Gasteiger partial charge in [-0.25, -0.2) is 4.79 Å². The molecule has 1 fully saturated rings. The molecule has 0 radical (unpaired) electrons. The zero-order chi connectivity index (χ0) is 12.5. The molecule has 4 heteroatoms. The van der Waals surface area contributed by atoms with Gasteiger partial charge in [-0.15, -0.1) is 0 Å². The monoisotopic (exact) mass is 243 g/mol. The number of esters is 1. The summed E-state index contributed by atoms with van der Waals surface area (Å²) in [5.41, 5.74) is 0. The minimum atomic E-state index is -0.279. The average Bonchev–Trinajstić information content (AvgIpc) is 2.31. The number of carbonyl (C=O) groups excluding carboxylic acids is 1. The maximum Gasteiger partial charge on any atom is 0.332 e. The molecule has 0 aromatic rings. The largest absolute Gasteiger partial charge is 0.464 e. The Balaban J connectivity index is 1.98. The summed E-state index contributed by atoms with van der Waals surface area (Å²) in [4.78, 5) is 11.0. The number of carbonyl (C=O) groups is 1. The molecule has 4 nitrogen and oxygen atoms in total. The highest BCUT2D eigenvalue weighted by molar-refractivity contribution is 5.70. The molecule has 0 saturated heterocycles. The Morgan fingerprint density at radius 1 is 1.35 bits per heavy atom. The van der Waals surface area contributed by atoms with Crippen LogP contribution in [0.2, 0.25) is 0 Å². The molecule has 1 saturated carbocycles. The van der Waals surface area contributed by atoms with Crippen LogP contribution in [0.1, 0.15) is 39.5 Å². The molecule has 0 aromatic heterocycles. The molecular formula is C13H25NO3. The summed E-state index contributed by atoms with van der Waals surface area (Å²) in [5.74, 6) is 0.479. The molecule has 0 heterocycles. The topological polar surface area (TPSA) is 47.6 Å². The molecule has 1 rings (SSSR count). The van der Waals surface area contributed by atoms with Crippen molar-refractivity contribution in [1.29, 1.82) is 0 Å². The van der Waals surface area contributed by atoms with Crippen LogP contribution in [0.5, 0.6) is 0 Å². The van der Waals surface area contributed by atoms with Crippen LogP contribution in [-0.2, 0) is 14.3 Å². The second-order valence-corrected chi connectivity index (χ2v) is 4.68. The molecule has 1 aliphatic rings. The predicted octanol–water partition coefficient (Wildman–Crippen LogP) is 1.73. The summed E-state index contributed by atoms with van der Waals surface area (Å²) in [6.45, 7) is 5.96. The van der Waals surface area contributed by atoms with E-state index < -0.39 is 0 Å². The van der Waals surface area contributed by atoms with Crippen LogP contribution in [0.25, 0.3) is 0 Å². The Bertz CT molecular complexity index is 221. The Labute approximate surface area is 104 Å². The number of ether oxygens (including phenoxy) is 2. The van der Waals surface area contributed by atoms with Crippen molar-refractivity contribution >= 4 is 5.97 Å². The fourth-order valence-corrected chi connectivity index (χ4v) is 2.29. The second kappa shape index (κ2) is 8.48. The van der Waals surface area contributed by atoms with Gasteiger partial charge in [0, 0.05) is 12.6 Å². The van der Waals surface area contributed by atoms with Crippen molar-refractivity contribution in [3.63, 3.8) is 0 Å².